The molecule has 1 unspecified atom stereocenters. The van der Waals surface area contributed by atoms with Crippen molar-refractivity contribution >= 4 is 17.5 Å². The van der Waals surface area contributed by atoms with E-state index in [-0.39, 0.29) is 17.9 Å². The lowest BCUT2D eigenvalue weighted by atomic mass is 10.1. The van der Waals surface area contributed by atoms with Gasteiger partial charge in [0.25, 0.3) is 0 Å². The molecule has 20 heavy (non-hydrogen) atoms. The van der Waals surface area contributed by atoms with Crippen molar-refractivity contribution in [3.63, 3.8) is 0 Å². The van der Waals surface area contributed by atoms with Crippen molar-refractivity contribution in [1.82, 2.24) is 20.5 Å². The van der Waals surface area contributed by atoms with Gasteiger partial charge in [-0.15, -0.1) is 0 Å². The normalized spacial score (nSPS) is 11.7. The number of nitrogens with zero attached hydrogens (tertiary/aromatic N) is 2. The monoisotopic (exact) mass is 273 g/mol. The van der Waals surface area contributed by atoms with Crippen LogP contribution in [0.15, 0.2) is 30.6 Å². The van der Waals surface area contributed by atoms with Crippen LogP contribution in [0, 0.1) is 0 Å². The fourth-order valence-corrected chi connectivity index (χ4v) is 1.67. The molecule has 1 aromatic heterocycles. The van der Waals surface area contributed by atoms with E-state index >= 15 is 0 Å². The van der Waals surface area contributed by atoms with Gasteiger partial charge in [-0.1, -0.05) is 12.1 Å². The molecule has 2 amide bonds. The molecule has 0 spiro atoms. The summed E-state index contributed by atoms with van der Waals surface area (Å²) in [5, 5.41) is 11.8. The van der Waals surface area contributed by atoms with E-state index < -0.39 is 0 Å². The van der Waals surface area contributed by atoms with E-state index in [1.165, 1.54) is 13.3 Å². The second-order valence-electron chi connectivity index (χ2n) is 4.33. The number of aromatic nitrogens is 3. The van der Waals surface area contributed by atoms with Crippen LogP contribution in [0.2, 0.25) is 0 Å². The minimum atomic E-state index is -0.380. The molecule has 0 aliphatic carbocycles. The molecule has 0 aliphatic heterocycles. The summed E-state index contributed by atoms with van der Waals surface area (Å²) in [6.45, 7) is 3.26. The molecule has 104 valence electrons. The predicted octanol–water partition coefficient (Wildman–Crippen LogP) is 1.89. The second-order valence-corrected chi connectivity index (χ2v) is 4.33. The lowest BCUT2D eigenvalue weighted by Crippen LogP contribution is -2.31. The summed E-state index contributed by atoms with van der Waals surface area (Å²) in [6, 6.07) is 6.07. The molecule has 7 heteroatoms. The zero-order chi connectivity index (χ0) is 14.5. The molecule has 1 atom stereocenters. The topological polar surface area (TPSA) is 99.8 Å². The maximum atomic E-state index is 11.8. The fraction of sp³-hybridized carbons (Fsp3) is 0.231. The van der Waals surface area contributed by atoms with E-state index in [2.05, 4.69) is 25.8 Å². The Morgan fingerprint density at radius 3 is 2.80 bits per heavy atom. The van der Waals surface area contributed by atoms with Crippen LogP contribution in [0.1, 0.15) is 36.1 Å². The van der Waals surface area contributed by atoms with E-state index in [0.29, 0.717) is 17.1 Å². The van der Waals surface area contributed by atoms with Gasteiger partial charge in [0.2, 0.25) is 0 Å². The van der Waals surface area contributed by atoms with Crippen molar-refractivity contribution in [2.24, 2.45) is 0 Å². The van der Waals surface area contributed by atoms with Gasteiger partial charge in [-0.25, -0.2) is 9.78 Å². The summed E-state index contributed by atoms with van der Waals surface area (Å²) in [5.41, 5.74) is 1.10. The van der Waals surface area contributed by atoms with Gasteiger partial charge in [0, 0.05) is 11.3 Å². The van der Waals surface area contributed by atoms with Crippen LogP contribution in [-0.2, 0) is 0 Å². The Bertz CT molecular complexity index is 609. The number of urea groups is 1. The van der Waals surface area contributed by atoms with Gasteiger partial charge in [0.05, 0.1) is 6.04 Å². The maximum absolute atomic E-state index is 11.8. The SMILES string of the molecule is CC(=O)c1cccc(NC(=O)NC(C)c2ncn[nH]2)c1. The highest BCUT2D eigenvalue weighted by atomic mass is 16.2. The molecule has 0 saturated carbocycles. The van der Waals surface area contributed by atoms with Crippen LogP contribution >= 0.6 is 0 Å². The Labute approximate surface area is 115 Å². The minimum Gasteiger partial charge on any atom is -0.328 e. The van der Waals surface area contributed by atoms with Crippen molar-refractivity contribution in [3.05, 3.63) is 42.0 Å². The number of hydrogen-bond donors (Lipinski definition) is 3. The van der Waals surface area contributed by atoms with E-state index in [9.17, 15) is 9.59 Å². The summed E-state index contributed by atoms with van der Waals surface area (Å²) in [5.74, 6) is 0.515. The molecule has 1 heterocycles. The first-order valence-corrected chi connectivity index (χ1v) is 6.10. The molecule has 2 rings (SSSR count). The predicted molar refractivity (Wildman–Crippen MR) is 73.4 cm³/mol. The van der Waals surface area contributed by atoms with E-state index in [0.717, 1.165) is 0 Å². The van der Waals surface area contributed by atoms with Gasteiger partial charge in [-0.3, -0.25) is 9.89 Å². The van der Waals surface area contributed by atoms with Gasteiger partial charge in [0.1, 0.15) is 12.2 Å². The Balaban J connectivity index is 1.98. The Morgan fingerprint density at radius 2 is 2.15 bits per heavy atom. The first kappa shape index (κ1) is 13.7. The minimum absolute atomic E-state index is 0.0518. The zero-order valence-corrected chi connectivity index (χ0v) is 11.2. The number of anilines is 1. The molecule has 3 N–H and O–H groups in total. The van der Waals surface area contributed by atoms with Crippen LogP contribution in [0.4, 0.5) is 10.5 Å². The summed E-state index contributed by atoms with van der Waals surface area (Å²) < 4.78 is 0. The Kier molecular flexibility index (Phi) is 4.09. The number of amides is 2. The number of H-pyrrole nitrogens is 1. The van der Waals surface area contributed by atoms with Crippen LogP contribution in [0.25, 0.3) is 0 Å². The first-order valence-electron chi connectivity index (χ1n) is 6.10. The molecular formula is C13H15N5O2. The molecule has 0 saturated heterocycles. The molecule has 7 nitrogen and oxygen atoms in total. The third-order valence-electron chi connectivity index (χ3n) is 2.72. The number of benzene rings is 1. The van der Waals surface area contributed by atoms with Gasteiger partial charge in [-0.05, 0) is 26.0 Å². The van der Waals surface area contributed by atoms with Crippen LogP contribution in [0.3, 0.4) is 0 Å². The highest BCUT2D eigenvalue weighted by molar-refractivity contribution is 5.96. The van der Waals surface area contributed by atoms with Gasteiger partial charge in [-0.2, -0.15) is 5.10 Å². The van der Waals surface area contributed by atoms with E-state index in [4.69, 9.17) is 0 Å². The number of rotatable bonds is 4. The van der Waals surface area contributed by atoms with Crippen molar-refractivity contribution in [2.45, 2.75) is 19.9 Å². The number of carbonyl (C=O) groups is 2. The smallest absolute Gasteiger partial charge is 0.319 e. The fourth-order valence-electron chi connectivity index (χ4n) is 1.67. The van der Waals surface area contributed by atoms with Gasteiger partial charge < -0.3 is 10.6 Å². The lowest BCUT2D eigenvalue weighted by molar-refractivity contribution is 0.101. The molecule has 0 fully saturated rings. The standard InChI is InChI=1S/C13H15N5O2/c1-8(12-14-7-15-18-12)16-13(20)17-11-5-3-4-10(6-11)9(2)19/h3-8H,1-2H3,(H,14,15,18)(H2,16,17,20). The molecule has 0 radical (unpaired) electrons. The second kappa shape index (κ2) is 5.96. The Hall–Kier alpha value is -2.70. The quantitative estimate of drug-likeness (QED) is 0.740. The van der Waals surface area contributed by atoms with E-state index in [1.807, 2.05) is 0 Å². The maximum Gasteiger partial charge on any atom is 0.319 e. The third kappa shape index (κ3) is 3.41. The van der Waals surface area contributed by atoms with Gasteiger partial charge >= 0.3 is 6.03 Å². The lowest BCUT2D eigenvalue weighted by Gasteiger charge is -2.12. The Morgan fingerprint density at radius 1 is 1.35 bits per heavy atom. The van der Waals surface area contributed by atoms with Gasteiger partial charge in [0.15, 0.2) is 5.78 Å². The average molecular weight is 273 g/mol. The van der Waals surface area contributed by atoms with E-state index in [1.54, 1.807) is 31.2 Å². The van der Waals surface area contributed by atoms with Crippen LogP contribution in [-0.4, -0.2) is 27.0 Å². The number of carbonyl (C=O) groups excluding carboxylic acids is 2. The van der Waals surface area contributed by atoms with Crippen molar-refractivity contribution in [1.29, 1.82) is 0 Å². The zero-order valence-electron chi connectivity index (χ0n) is 11.2. The summed E-state index contributed by atoms with van der Waals surface area (Å²) in [4.78, 5) is 27.1. The molecule has 0 aliphatic rings. The van der Waals surface area contributed by atoms with Crippen LogP contribution in [0.5, 0.6) is 0 Å². The van der Waals surface area contributed by atoms with Crippen molar-refractivity contribution < 1.29 is 9.59 Å². The molecule has 1 aromatic carbocycles. The van der Waals surface area contributed by atoms with Crippen molar-refractivity contribution in [2.75, 3.05) is 5.32 Å². The number of hydrogen-bond acceptors (Lipinski definition) is 4. The number of Topliss-reactive ketones (excluding diaryl/α,β-unsaturated/α-hetero) is 1. The molecular weight excluding hydrogens is 258 g/mol. The number of aromatic amines is 1. The number of ketones is 1. The highest BCUT2D eigenvalue weighted by Crippen LogP contribution is 2.12. The first-order chi connectivity index (χ1) is 9.56. The number of nitrogens with one attached hydrogen (secondary N) is 3. The summed E-state index contributed by atoms with van der Waals surface area (Å²) in [6.07, 6.45) is 1.38. The third-order valence-corrected chi connectivity index (χ3v) is 2.72. The molecule has 2 aromatic rings. The average Bonchev–Trinajstić information content (AvgIpc) is 2.92. The summed E-state index contributed by atoms with van der Waals surface area (Å²) in [7, 11) is 0. The van der Waals surface area contributed by atoms with Crippen LogP contribution < -0.4 is 10.6 Å². The summed E-state index contributed by atoms with van der Waals surface area (Å²) >= 11 is 0. The highest BCUT2D eigenvalue weighted by Gasteiger charge is 2.12. The van der Waals surface area contributed by atoms with Crippen molar-refractivity contribution in [3.8, 4) is 0 Å². The largest absolute Gasteiger partial charge is 0.328 e. The molecule has 0 bridgehead atoms.